The van der Waals surface area contributed by atoms with Gasteiger partial charge in [-0.25, -0.2) is 0 Å². The summed E-state index contributed by atoms with van der Waals surface area (Å²) in [5.74, 6) is -0.0263. The van der Waals surface area contributed by atoms with Crippen molar-refractivity contribution in [2.24, 2.45) is 0 Å². The van der Waals surface area contributed by atoms with Gasteiger partial charge in [-0.2, -0.15) is 0 Å². The van der Waals surface area contributed by atoms with Crippen LogP contribution in [0, 0.1) is 0 Å². The molecule has 0 unspecified atom stereocenters. The zero-order chi connectivity index (χ0) is 11.3. The first kappa shape index (κ1) is 11.6. The second kappa shape index (κ2) is 5.39. The average molecular weight is 206 g/mol. The van der Waals surface area contributed by atoms with Gasteiger partial charge in [0.25, 0.3) is 5.91 Å². The number of benzene rings is 1. The second-order valence-electron chi connectivity index (χ2n) is 3.70. The summed E-state index contributed by atoms with van der Waals surface area (Å²) in [6, 6.07) is 7.70. The summed E-state index contributed by atoms with van der Waals surface area (Å²) in [4.78, 5) is 11.8. The number of hydrogen-bond donors (Lipinski definition) is 2. The Kier molecular flexibility index (Phi) is 4.16. The fraction of sp³-hybridized carbons (Fsp3) is 0.417. The number of rotatable bonds is 4. The van der Waals surface area contributed by atoms with Crippen molar-refractivity contribution in [3.05, 3.63) is 29.8 Å². The van der Waals surface area contributed by atoms with Crippen molar-refractivity contribution < 1.29 is 4.79 Å². The number of para-hydroxylation sites is 1. The number of amides is 1. The predicted molar refractivity (Wildman–Crippen MR) is 63.2 cm³/mol. The van der Waals surface area contributed by atoms with E-state index in [4.69, 9.17) is 0 Å². The molecule has 1 rings (SSSR count). The highest BCUT2D eigenvalue weighted by atomic mass is 16.1. The molecule has 0 radical (unpaired) electrons. The summed E-state index contributed by atoms with van der Waals surface area (Å²) >= 11 is 0. The van der Waals surface area contributed by atoms with E-state index in [0.29, 0.717) is 5.56 Å². The Morgan fingerprint density at radius 3 is 2.60 bits per heavy atom. The SMILES string of the molecule is CCNc1ccccc1C(=O)NC(C)C. The molecular weight excluding hydrogens is 188 g/mol. The van der Waals surface area contributed by atoms with E-state index in [0.717, 1.165) is 12.2 Å². The van der Waals surface area contributed by atoms with Gasteiger partial charge in [0, 0.05) is 18.3 Å². The summed E-state index contributed by atoms with van der Waals surface area (Å²) in [5, 5.41) is 6.05. The van der Waals surface area contributed by atoms with Crippen LogP contribution in [0.1, 0.15) is 31.1 Å². The number of carbonyl (C=O) groups excluding carboxylic acids is 1. The minimum absolute atomic E-state index is 0.0263. The van der Waals surface area contributed by atoms with E-state index >= 15 is 0 Å². The molecule has 0 aliphatic heterocycles. The molecule has 0 atom stereocenters. The Hall–Kier alpha value is -1.51. The van der Waals surface area contributed by atoms with Crippen LogP contribution in [0.15, 0.2) is 24.3 Å². The number of hydrogen-bond acceptors (Lipinski definition) is 2. The molecule has 0 heterocycles. The standard InChI is InChI=1S/C12H18N2O/c1-4-13-11-8-6-5-7-10(11)12(15)14-9(2)3/h5-9,13H,4H2,1-3H3,(H,14,15). The lowest BCUT2D eigenvalue weighted by Gasteiger charge is -2.12. The lowest BCUT2D eigenvalue weighted by molar-refractivity contribution is 0.0944. The van der Waals surface area contributed by atoms with Crippen LogP contribution in [0.2, 0.25) is 0 Å². The van der Waals surface area contributed by atoms with E-state index in [1.165, 1.54) is 0 Å². The molecule has 2 N–H and O–H groups in total. The summed E-state index contributed by atoms with van der Waals surface area (Å²) in [6.45, 7) is 6.73. The van der Waals surface area contributed by atoms with Crippen molar-refractivity contribution in [2.45, 2.75) is 26.8 Å². The third-order valence-electron chi connectivity index (χ3n) is 1.96. The maximum absolute atomic E-state index is 11.8. The Bertz CT molecular complexity index is 334. The van der Waals surface area contributed by atoms with Gasteiger partial charge in [0.15, 0.2) is 0 Å². The molecule has 0 aromatic heterocycles. The van der Waals surface area contributed by atoms with Crippen LogP contribution >= 0.6 is 0 Å². The summed E-state index contributed by atoms with van der Waals surface area (Å²) in [6.07, 6.45) is 0. The van der Waals surface area contributed by atoms with Gasteiger partial charge in [-0.05, 0) is 32.9 Å². The van der Waals surface area contributed by atoms with Gasteiger partial charge in [-0.15, -0.1) is 0 Å². The minimum atomic E-state index is -0.0263. The van der Waals surface area contributed by atoms with E-state index in [9.17, 15) is 4.79 Å². The molecule has 0 saturated heterocycles. The van der Waals surface area contributed by atoms with Crippen molar-refractivity contribution in [1.29, 1.82) is 0 Å². The van der Waals surface area contributed by atoms with E-state index in [2.05, 4.69) is 10.6 Å². The zero-order valence-corrected chi connectivity index (χ0v) is 9.50. The molecule has 0 bridgehead atoms. The first-order valence-electron chi connectivity index (χ1n) is 5.29. The lowest BCUT2D eigenvalue weighted by Crippen LogP contribution is -2.30. The minimum Gasteiger partial charge on any atom is -0.385 e. The molecule has 0 aliphatic carbocycles. The Balaban J connectivity index is 2.87. The summed E-state index contributed by atoms with van der Waals surface area (Å²) in [7, 11) is 0. The van der Waals surface area contributed by atoms with Gasteiger partial charge in [-0.1, -0.05) is 12.1 Å². The second-order valence-corrected chi connectivity index (χ2v) is 3.70. The molecule has 0 saturated carbocycles. The highest BCUT2D eigenvalue weighted by molar-refractivity contribution is 5.99. The highest BCUT2D eigenvalue weighted by Gasteiger charge is 2.10. The van der Waals surface area contributed by atoms with Crippen LogP contribution in [0.4, 0.5) is 5.69 Å². The van der Waals surface area contributed by atoms with Crippen molar-refractivity contribution in [2.75, 3.05) is 11.9 Å². The number of nitrogens with one attached hydrogen (secondary N) is 2. The maximum atomic E-state index is 11.8. The molecule has 1 aromatic rings. The lowest BCUT2D eigenvalue weighted by atomic mass is 10.1. The van der Waals surface area contributed by atoms with Gasteiger partial charge in [0.1, 0.15) is 0 Å². The van der Waals surface area contributed by atoms with Crippen LogP contribution in [-0.2, 0) is 0 Å². The van der Waals surface area contributed by atoms with Crippen molar-refractivity contribution in [3.63, 3.8) is 0 Å². The van der Waals surface area contributed by atoms with Crippen LogP contribution in [0.25, 0.3) is 0 Å². The van der Waals surface area contributed by atoms with Crippen LogP contribution in [0.3, 0.4) is 0 Å². The quantitative estimate of drug-likeness (QED) is 0.793. The molecule has 1 amide bonds. The molecule has 3 heteroatoms. The third-order valence-corrected chi connectivity index (χ3v) is 1.96. The molecule has 3 nitrogen and oxygen atoms in total. The molecule has 0 aliphatic rings. The summed E-state index contributed by atoms with van der Waals surface area (Å²) < 4.78 is 0. The zero-order valence-electron chi connectivity index (χ0n) is 9.50. The van der Waals surface area contributed by atoms with Gasteiger partial charge < -0.3 is 10.6 Å². The third kappa shape index (κ3) is 3.27. The smallest absolute Gasteiger partial charge is 0.253 e. The van der Waals surface area contributed by atoms with E-state index in [1.807, 2.05) is 45.0 Å². The van der Waals surface area contributed by atoms with Gasteiger partial charge in [0.2, 0.25) is 0 Å². The van der Waals surface area contributed by atoms with Crippen molar-refractivity contribution in [3.8, 4) is 0 Å². The summed E-state index contributed by atoms with van der Waals surface area (Å²) in [5.41, 5.74) is 1.59. The van der Waals surface area contributed by atoms with E-state index in [1.54, 1.807) is 0 Å². The van der Waals surface area contributed by atoms with Crippen molar-refractivity contribution in [1.82, 2.24) is 5.32 Å². The normalized spacial score (nSPS) is 10.1. The maximum Gasteiger partial charge on any atom is 0.253 e. The van der Waals surface area contributed by atoms with Gasteiger partial charge >= 0.3 is 0 Å². The molecule has 1 aromatic carbocycles. The Labute approximate surface area is 90.9 Å². The van der Waals surface area contributed by atoms with Gasteiger partial charge in [0.05, 0.1) is 5.56 Å². The largest absolute Gasteiger partial charge is 0.385 e. The van der Waals surface area contributed by atoms with Crippen LogP contribution in [-0.4, -0.2) is 18.5 Å². The monoisotopic (exact) mass is 206 g/mol. The Morgan fingerprint density at radius 1 is 1.33 bits per heavy atom. The first-order chi connectivity index (χ1) is 7.15. The van der Waals surface area contributed by atoms with Crippen molar-refractivity contribution >= 4 is 11.6 Å². The Morgan fingerprint density at radius 2 is 2.00 bits per heavy atom. The fourth-order valence-corrected chi connectivity index (χ4v) is 1.37. The molecule has 0 spiro atoms. The number of carbonyl (C=O) groups is 1. The molecule has 15 heavy (non-hydrogen) atoms. The molecule has 82 valence electrons. The van der Waals surface area contributed by atoms with Crippen LogP contribution in [0.5, 0.6) is 0 Å². The first-order valence-corrected chi connectivity index (χ1v) is 5.29. The fourth-order valence-electron chi connectivity index (χ4n) is 1.37. The molecular formula is C12H18N2O. The highest BCUT2D eigenvalue weighted by Crippen LogP contribution is 2.14. The molecule has 0 fully saturated rings. The number of anilines is 1. The predicted octanol–water partition coefficient (Wildman–Crippen LogP) is 2.26. The average Bonchev–Trinajstić information content (AvgIpc) is 2.18. The van der Waals surface area contributed by atoms with E-state index in [-0.39, 0.29) is 11.9 Å². The van der Waals surface area contributed by atoms with E-state index < -0.39 is 0 Å². The van der Waals surface area contributed by atoms with Crippen LogP contribution < -0.4 is 10.6 Å². The topological polar surface area (TPSA) is 41.1 Å². The van der Waals surface area contributed by atoms with Gasteiger partial charge in [-0.3, -0.25) is 4.79 Å².